The topological polar surface area (TPSA) is 43.8 Å². The van der Waals surface area contributed by atoms with Gasteiger partial charge in [-0.2, -0.15) is 5.10 Å². The first-order valence-electron chi connectivity index (χ1n) is 6.52. The summed E-state index contributed by atoms with van der Waals surface area (Å²) in [6, 6.07) is 8.56. The molecule has 0 bridgehead atoms. The number of nitrogens with two attached hydrogens (primary N) is 1. The van der Waals surface area contributed by atoms with Crippen LogP contribution in [0, 0.1) is 6.92 Å². The zero-order valence-electron chi connectivity index (χ0n) is 11.3. The Balaban J connectivity index is 1.89. The minimum atomic E-state index is -0.188. The summed E-state index contributed by atoms with van der Waals surface area (Å²) in [5.74, 6) is 0. The Bertz CT molecular complexity index is 605. The Morgan fingerprint density at radius 2 is 1.89 bits per heavy atom. The molecule has 4 heteroatoms. The number of rotatable bonds is 2. The first-order chi connectivity index (χ1) is 8.98. The summed E-state index contributed by atoms with van der Waals surface area (Å²) in [5, 5.41) is 4.45. The fourth-order valence-electron chi connectivity index (χ4n) is 3.05. The van der Waals surface area contributed by atoms with E-state index in [0.717, 1.165) is 29.4 Å². The molecule has 0 unspecified atom stereocenters. The van der Waals surface area contributed by atoms with Gasteiger partial charge in [-0.3, -0.25) is 4.68 Å². The summed E-state index contributed by atoms with van der Waals surface area (Å²) < 4.78 is 3.03. The van der Waals surface area contributed by atoms with Crippen LogP contribution in [-0.4, -0.2) is 15.3 Å². The van der Waals surface area contributed by atoms with E-state index >= 15 is 0 Å². The van der Waals surface area contributed by atoms with E-state index in [0.29, 0.717) is 0 Å². The van der Waals surface area contributed by atoms with Crippen LogP contribution in [0.2, 0.25) is 0 Å². The molecular weight excluding hydrogens is 302 g/mol. The quantitative estimate of drug-likeness (QED) is 0.924. The monoisotopic (exact) mass is 319 g/mol. The van der Waals surface area contributed by atoms with E-state index in [9.17, 15) is 0 Å². The van der Waals surface area contributed by atoms with Crippen LogP contribution in [-0.2, 0) is 26.3 Å². The largest absolute Gasteiger partial charge is 0.324 e. The molecule has 1 aromatic heterocycles. The number of aromatic nitrogens is 2. The molecule has 0 amide bonds. The molecule has 0 aliphatic heterocycles. The van der Waals surface area contributed by atoms with Gasteiger partial charge in [0.05, 0.1) is 15.9 Å². The predicted molar refractivity (Wildman–Crippen MR) is 80.1 cm³/mol. The second kappa shape index (κ2) is 4.46. The average Bonchev–Trinajstić information content (AvgIpc) is 2.81. The van der Waals surface area contributed by atoms with Crippen LogP contribution in [0.1, 0.15) is 22.5 Å². The molecule has 1 aromatic carbocycles. The van der Waals surface area contributed by atoms with Crippen LogP contribution >= 0.6 is 15.9 Å². The minimum absolute atomic E-state index is 0.188. The van der Waals surface area contributed by atoms with Gasteiger partial charge >= 0.3 is 0 Å². The fourth-order valence-corrected chi connectivity index (χ4v) is 3.53. The predicted octanol–water partition coefficient (Wildman–Crippen LogP) is 2.53. The van der Waals surface area contributed by atoms with Gasteiger partial charge in [0.25, 0.3) is 0 Å². The molecular formula is C15H18BrN3. The van der Waals surface area contributed by atoms with Gasteiger partial charge < -0.3 is 5.73 Å². The normalized spacial score (nSPS) is 16.6. The fraction of sp³-hybridized carbons (Fsp3) is 0.400. The van der Waals surface area contributed by atoms with Gasteiger partial charge in [-0.15, -0.1) is 0 Å². The lowest BCUT2D eigenvalue weighted by Crippen LogP contribution is -2.43. The van der Waals surface area contributed by atoms with E-state index in [1.807, 2.05) is 18.7 Å². The Morgan fingerprint density at radius 3 is 2.37 bits per heavy atom. The zero-order valence-corrected chi connectivity index (χ0v) is 12.9. The van der Waals surface area contributed by atoms with Crippen molar-refractivity contribution >= 4 is 15.9 Å². The van der Waals surface area contributed by atoms with E-state index in [-0.39, 0.29) is 5.54 Å². The summed E-state index contributed by atoms with van der Waals surface area (Å²) in [6.45, 7) is 2.01. The van der Waals surface area contributed by atoms with E-state index in [2.05, 4.69) is 45.3 Å². The van der Waals surface area contributed by atoms with Crippen molar-refractivity contribution in [3.05, 3.63) is 51.3 Å². The molecule has 1 heterocycles. The summed E-state index contributed by atoms with van der Waals surface area (Å²) >= 11 is 3.63. The summed E-state index contributed by atoms with van der Waals surface area (Å²) in [4.78, 5) is 0. The molecule has 0 saturated heterocycles. The highest BCUT2D eigenvalue weighted by atomic mass is 79.9. The average molecular weight is 320 g/mol. The minimum Gasteiger partial charge on any atom is -0.324 e. The lowest BCUT2D eigenvalue weighted by atomic mass is 9.91. The second-order valence-corrected chi connectivity index (χ2v) is 6.42. The molecule has 0 spiro atoms. The van der Waals surface area contributed by atoms with Gasteiger partial charge in [0.2, 0.25) is 0 Å². The van der Waals surface area contributed by atoms with Crippen LogP contribution < -0.4 is 5.73 Å². The first-order valence-corrected chi connectivity index (χ1v) is 7.31. The highest BCUT2D eigenvalue weighted by Crippen LogP contribution is 2.33. The van der Waals surface area contributed by atoms with Crippen LogP contribution in [0.3, 0.4) is 0 Å². The highest BCUT2D eigenvalue weighted by Gasteiger charge is 2.35. The lowest BCUT2D eigenvalue weighted by Gasteiger charge is -2.24. The van der Waals surface area contributed by atoms with Crippen molar-refractivity contribution in [2.24, 2.45) is 12.8 Å². The van der Waals surface area contributed by atoms with E-state index in [1.165, 1.54) is 16.8 Å². The van der Waals surface area contributed by atoms with Crippen LogP contribution in [0.25, 0.3) is 0 Å². The zero-order chi connectivity index (χ0) is 13.6. The number of fused-ring (bicyclic) bond motifs is 1. The number of nitrogens with zero attached hydrogens (tertiary/aromatic N) is 2. The van der Waals surface area contributed by atoms with Crippen molar-refractivity contribution in [2.75, 3.05) is 0 Å². The molecule has 3 nitrogen and oxygen atoms in total. The Hall–Kier alpha value is -1.13. The Kier molecular flexibility index (Phi) is 3.02. The Labute approximate surface area is 121 Å². The molecule has 0 atom stereocenters. The van der Waals surface area contributed by atoms with Crippen molar-refractivity contribution < 1.29 is 0 Å². The van der Waals surface area contributed by atoms with E-state index in [1.54, 1.807) is 0 Å². The van der Waals surface area contributed by atoms with Gasteiger partial charge in [-0.05, 0) is 46.8 Å². The van der Waals surface area contributed by atoms with Crippen molar-refractivity contribution in [1.29, 1.82) is 0 Å². The van der Waals surface area contributed by atoms with Crippen LogP contribution in [0.5, 0.6) is 0 Å². The van der Waals surface area contributed by atoms with Gasteiger partial charge in [-0.1, -0.05) is 24.3 Å². The van der Waals surface area contributed by atoms with Crippen molar-refractivity contribution in [3.8, 4) is 0 Å². The third kappa shape index (κ3) is 2.23. The van der Waals surface area contributed by atoms with E-state index < -0.39 is 0 Å². The molecule has 1 aliphatic rings. The molecule has 19 heavy (non-hydrogen) atoms. The van der Waals surface area contributed by atoms with Gasteiger partial charge in [0, 0.05) is 19.0 Å². The number of hydrogen-bond donors (Lipinski definition) is 1. The molecule has 3 rings (SSSR count). The summed E-state index contributed by atoms with van der Waals surface area (Å²) in [7, 11) is 1.98. The maximum Gasteiger partial charge on any atom is 0.0738 e. The van der Waals surface area contributed by atoms with Crippen LogP contribution in [0.4, 0.5) is 0 Å². The third-order valence-corrected chi connectivity index (χ3v) is 5.02. The van der Waals surface area contributed by atoms with Gasteiger partial charge in [-0.25, -0.2) is 0 Å². The second-order valence-electron chi connectivity index (χ2n) is 5.63. The molecule has 2 N–H and O–H groups in total. The maximum atomic E-state index is 6.63. The first kappa shape index (κ1) is 12.9. The SMILES string of the molecule is Cc1nn(C)c(CC2(N)Cc3ccccc3C2)c1Br. The molecule has 0 fully saturated rings. The smallest absolute Gasteiger partial charge is 0.0738 e. The summed E-state index contributed by atoms with van der Waals surface area (Å²) in [6.07, 6.45) is 2.74. The van der Waals surface area contributed by atoms with E-state index in [4.69, 9.17) is 5.73 Å². The molecule has 2 aromatic rings. The number of halogens is 1. The molecule has 0 saturated carbocycles. The molecule has 1 aliphatic carbocycles. The van der Waals surface area contributed by atoms with Crippen molar-refractivity contribution in [2.45, 2.75) is 31.7 Å². The maximum absolute atomic E-state index is 6.63. The lowest BCUT2D eigenvalue weighted by molar-refractivity contribution is 0.431. The number of benzene rings is 1. The standard InChI is InChI=1S/C15H18BrN3/c1-10-14(16)13(19(2)18-10)9-15(17)7-11-5-3-4-6-12(11)8-15/h3-6H,7-9,17H2,1-2H3. The number of aryl methyl sites for hydroxylation is 2. The van der Waals surface area contributed by atoms with Crippen LogP contribution in [0.15, 0.2) is 28.7 Å². The van der Waals surface area contributed by atoms with Crippen molar-refractivity contribution in [1.82, 2.24) is 9.78 Å². The third-order valence-electron chi connectivity index (χ3n) is 3.98. The van der Waals surface area contributed by atoms with Gasteiger partial charge in [0.1, 0.15) is 0 Å². The van der Waals surface area contributed by atoms with Crippen molar-refractivity contribution in [3.63, 3.8) is 0 Å². The number of hydrogen-bond acceptors (Lipinski definition) is 2. The molecule has 100 valence electrons. The van der Waals surface area contributed by atoms with Gasteiger partial charge in [0.15, 0.2) is 0 Å². The highest BCUT2D eigenvalue weighted by molar-refractivity contribution is 9.10. The Morgan fingerprint density at radius 1 is 1.32 bits per heavy atom. The molecule has 0 radical (unpaired) electrons. The summed E-state index contributed by atoms with van der Waals surface area (Å²) in [5.41, 5.74) is 11.4.